The van der Waals surface area contributed by atoms with Crippen LogP contribution in [0.5, 0.6) is 0 Å². The van der Waals surface area contributed by atoms with Crippen molar-refractivity contribution in [2.45, 2.75) is 50.0 Å². The number of unbranched alkanes of at least 4 members (excludes halogenated alkanes) is 3. The summed E-state index contributed by atoms with van der Waals surface area (Å²) < 4.78 is 11.9. The van der Waals surface area contributed by atoms with Gasteiger partial charge in [-0.05, 0) is 18.6 Å². The average Bonchev–Trinajstić information content (AvgIpc) is 2.36. The van der Waals surface area contributed by atoms with Crippen molar-refractivity contribution in [2.75, 3.05) is 5.75 Å². The number of aliphatic hydroxyl groups is 1. The molecule has 1 rings (SSSR count). The van der Waals surface area contributed by atoms with Crippen molar-refractivity contribution in [3.05, 3.63) is 30.3 Å². The fourth-order valence-electron chi connectivity index (χ4n) is 1.73. The van der Waals surface area contributed by atoms with Gasteiger partial charge in [0.1, 0.15) is 0 Å². The highest BCUT2D eigenvalue weighted by Crippen LogP contribution is 2.10. The molecule has 2 nitrogen and oxygen atoms in total. The quantitative estimate of drug-likeness (QED) is 0.724. The fourth-order valence-corrected chi connectivity index (χ4v) is 2.90. The van der Waals surface area contributed by atoms with E-state index in [2.05, 4.69) is 6.92 Å². The van der Waals surface area contributed by atoms with E-state index in [0.717, 1.165) is 24.2 Å². The second-order valence-corrected chi connectivity index (χ2v) is 5.82. The number of rotatable bonds is 8. The molecule has 2 atom stereocenters. The van der Waals surface area contributed by atoms with Crippen molar-refractivity contribution < 1.29 is 9.32 Å². The van der Waals surface area contributed by atoms with Gasteiger partial charge in [-0.3, -0.25) is 4.21 Å². The highest BCUT2D eigenvalue weighted by Gasteiger charge is 2.10. The van der Waals surface area contributed by atoms with Crippen molar-refractivity contribution in [2.24, 2.45) is 0 Å². The molecular weight excluding hydrogens is 232 g/mol. The first kappa shape index (κ1) is 14.4. The largest absolute Gasteiger partial charge is 0.392 e. The second kappa shape index (κ2) is 8.43. The molecule has 96 valence electrons. The molecule has 0 bridgehead atoms. The zero-order valence-electron chi connectivity index (χ0n) is 10.5. The van der Waals surface area contributed by atoms with E-state index in [-0.39, 0.29) is 0 Å². The van der Waals surface area contributed by atoms with Crippen molar-refractivity contribution in [1.82, 2.24) is 0 Å². The van der Waals surface area contributed by atoms with Gasteiger partial charge < -0.3 is 5.11 Å². The molecule has 1 N–H and O–H groups in total. The zero-order chi connectivity index (χ0) is 12.5. The lowest BCUT2D eigenvalue weighted by Gasteiger charge is -2.10. The predicted molar refractivity (Wildman–Crippen MR) is 72.5 cm³/mol. The molecule has 1 aromatic rings. The third-order valence-electron chi connectivity index (χ3n) is 2.74. The summed E-state index contributed by atoms with van der Waals surface area (Å²) in [6.07, 6.45) is 4.93. The first-order valence-corrected chi connectivity index (χ1v) is 7.67. The molecular formula is C14H22O2S. The summed E-state index contributed by atoms with van der Waals surface area (Å²) in [6, 6.07) is 9.35. The third kappa shape index (κ3) is 5.99. The van der Waals surface area contributed by atoms with Crippen LogP contribution in [0.15, 0.2) is 35.2 Å². The van der Waals surface area contributed by atoms with Crippen molar-refractivity contribution in [3.8, 4) is 0 Å². The van der Waals surface area contributed by atoms with E-state index < -0.39 is 16.9 Å². The summed E-state index contributed by atoms with van der Waals surface area (Å²) in [5.41, 5.74) is 0. The predicted octanol–water partition coefficient (Wildman–Crippen LogP) is 3.13. The van der Waals surface area contributed by atoms with E-state index in [9.17, 15) is 9.32 Å². The first-order valence-electron chi connectivity index (χ1n) is 6.35. The van der Waals surface area contributed by atoms with E-state index in [1.165, 1.54) is 12.8 Å². The van der Waals surface area contributed by atoms with Crippen LogP contribution in [0, 0.1) is 0 Å². The normalized spacial score (nSPS) is 14.5. The van der Waals surface area contributed by atoms with Gasteiger partial charge in [0, 0.05) is 4.90 Å². The van der Waals surface area contributed by atoms with Gasteiger partial charge in [-0.2, -0.15) is 0 Å². The Kier molecular flexibility index (Phi) is 7.13. The SMILES string of the molecule is CCCCCC[C@@H](O)CS(=O)c1ccccc1. The van der Waals surface area contributed by atoms with Crippen LogP contribution in [0.3, 0.4) is 0 Å². The van der Waals surface area contributed by atoms with Gasteiger partial charge in [-0.25, -0.2) is 0 Å². The standard InChI is InChI=1S/C14H22O2S/c1-2-3-4-6-9-13(15)12-17(16)14-10-7-5-8-11-14/h5,7-8,10-11,13,15H,2-4,6,9,12H2,1H3/t13-,17?/m1/s1. The number of benzene rings is 1. The Morgan fingerprint density at radius 1 is 1.18 bits per heavy atom. The lowest BCUT2D eigenvalue weighted by atomic mass is 10.1. The van der Waals surface area contributed by atoms with Crippen LogP contribution in [-0.2, 0) is 10.8 Å². The van der Waals surface area contributed by atoms with Gasteiger partial charge in [-0.1, -0.05) is 50.8 Å². The van der Waals surface area contributed by atoms with Gasteiger partial charge in [0.15, 0.2) is 0 Å². The van der Waals surface area contributed by atoms with Crippen LogP contribution in [0.1, 0.15) is 39.0 Å². The number of hydrogen-bond acceptors (Lipinski definition) is 2. The summed E-state index contributed by atoms with van der Waals surface area (Å²) in [5.74, 6) is 0.357. The molecule has 0 aliphatic rings. The van der Waals surface area contributed by atoms with Crippen LogP contribution in [0.4, 0.5) is 0 Å². The Hall–Kier alpha value is -0.670. The molecule has 0 aromatic heterocycles. The Morgan fingerprint density at radius 2 is 1.88 bits per heavy atom. The van der Waals surface area contributed by atoms with Gasteiger partial charge >= 0.3 is 0 Å². The van der Waals surface area contributed by atoms with Gasteiger partial charge in [0.25, 0.3) is 0 Å². The summed E-state index contributed by atoms with van der Waals surface area (Å²) in [6.45, 7) is 2.17. The van der Waals surface area contributed by atoms with Crippen LogP contribution in [-0.4, -0.2) is 21.2 Å². The molecule has 3 heteroatoms. The molecule has 0 saturated heterocycles. The van der Waals surface area contributed by atoms with Crippen molar-refractivity contribution in [3.63, 3.8) is 0 Å². The van der Waals surface area contributed by atoms with E-state index in [1.54, 1.807) is 0 Å². The zero-order valence-corrected chi connectivity index (χ0v) is 11.3. The van der Waals surface area contributed by atoms with E-state index in [4.69, 9.17) is 0 Å². The highest BCUT2D eigenvalue weighted by molar-refractivity contribution is 7.85. The van der Waals surface area contributed by atoms with E-state index >= 15 is 0 Å². The third-order valence-corrected chi connectivity index (χ3v) is 4.23. The van der Waals surface area contributed by atoms with Crippen LogP contribution < -0.4 is 0 Å². The number of hydrogen-bond donors (Lipinski definition) is 1. The van der Waals surface area contributed by atoms with Crippen molar-refractivity contribution in [1.29, 1.82) is 0 Å². The van der Waals surface area contributed by atoms with Crippen LogP contribution in [0.2, 0.25) is 0 Å². The summed E-state index contributed by atoms with van der Waals surface area (Å²) in [4.78, 5) is 0.806. The van der Waals surface area contributed by atoms with Crippen molar-refractivity contribution >= 4 is 10.8 Å². The minimum absolute atomic E-state index is 0.357. The second-order valence-electron chi connectivity index (χ2n) is 4.33. The molecule has 17 heavy (non-hydrogen) atoms. The van der Waals surface area contributed by atoms with E-state index in [0.29, 0.717) is 5.75 Å². The first-order chi connectivity index (χ1) is 8.24. The molecule has 0 amide bonds. The number of aliphatic hydroxyl groups excluding tert-OH is 1. The molecule has 0 heterocycles. The molecule has 0 fully saturated rings. The van der Waals surface area contributed by atoms with Crippen LogP contribution in [0.25, 0.3) is 0 Å². The molecule has 0 radical (unpaired) electrons. The monoisotopic (exact) mass is 254 g/mol. The van der Waals surface area contributed by atoms with Gasteiger partial charge in [0.2, 0.25) is 0 Å². The fraction of sp³-hybridized carbons (Fsp3) is 0.571. The maximum absolute atomic E-state index is 11.9. The lowest BCUT2D eigenvalue weighted by molar-refractivity contribution is 0.184. The highest BCUT2D eigenvalue weighted by atomic mass is 32.2. The molecule has 0 aliphatic carbocycles. The summed E-state index contributed by atoms with van der Waals surface area (Å²) in [5, 5.41) is 9.79. The molecule has 0 saturated carbocycles. The van der Waals surface area contributed by atoms with Gasteiger partial charge in [0.05, 0.1) is 22.7 Å². The molecule has 1 unspecified atom stereocenters. The summed E-state index contributed by atoms with van der Waals surface area (Å²) >= 11 is 0. The average molecular weight is 254 g/mol. The minimum atomic E-state index is -1.07. The molecule has 0 aliphatic heterocycles. The summed E-state index contributed by atoms with van der Waals surface area (Å²) in [7, 11) is -1.07. The maximum atomic E-state index is 11.9. The smallest absolute Gasteiger partial charge is 0.0659 e. The Bertz CT molecular complexity index is 324. The Morgan fingerprint density at radius 3 is 2.53 bits per heavy atom. The van der Waals surface area contributed by atoms with E-state index in [1.807, 2.05) is 30.3 Å². The lowest BCUT2D eigenvalue weighted by Crippen LogP contribution is -2.16. The van der Waals surface area contributed by atoms with Crippen LogP contribution >= 0.6 is 0 Å². The Balaban J connectivity index is 2.26. The molecule has 0 spiro atoms. The molecule has 1 aromatic carbocycles. The topological polar surface area (TPSA) is 37.3 Å². The maximum Gasteiger partial charge on any atom is 0.0659 e. The Labute approximate surface area is 107 Å². The van der Waals surface area contributed by atoms with Gasteiger partial charge in [-0.15, -0.1) is 0 Å². The minimum Gasteiger partial charge on any atom is -0.392 e.